The third-order valence-electron chi connectivity index (χ3n) is 2.84. The Balaban J connectivity index is 2.18. The summed E-state index contributed by atoms with van der Waals surface area (Å²) in [6.07, 6.45) is -3.47. The Labute approximate surface area is 97.8 Å². The topological polar surface area (TPSA) is 21.3 Å². The molecule has 0 aliphatic carbocycles. The average molecular weight is 245 g/mol. The standard InChI is InChI=1S/C12H14F3NO/c1-8-2-3-9(6-11(8)12(13,14)15)16-10-4-5-17-7-10/h2-3,6,10,16H,4-5,7H2,1H3. The lowest BCUT2D eigenvalue weighted by atomic mass is 10.1. The summed E-state index contributed by atoms with van der Waals surface area (Å²) in [6, 6.07) is 4.43. The molecule has 1 aliphatic heterocycles. The molecular weight excluding hydrogens is 231 g/mol. The number of nitrogens with one attached hydrogen (secondary N) is 1. The molecule has 0 aromatic heterocycles. The van der Waals surface area contributed by atoms with E-state index in [-0.39, 0.29) is 11.6 Å². The van der Waals surface area contributed by atoms with Gasteiger partial charge in [-0.05, 0) is 31.0 Å². The van der Waals surface area contributed by atoms with Crippen LogP contribution in [0.25, 0.3) is 0 Å². The zero-order valence-corrected chi connectivity index (χ0v) is 9.47. The van der Waals surface area contributed by atoms with Crippen molar-refractivity contribution in [3.05, 3.63) is 29.3 Å². The molecule has 0 bridgehead atoms. The minimum Gasteiger partial charge on any atom is -0.380 e. The number of hydrogen-bond donors (Lipinski definition) is 1. The summed E-state index contributed by atoms with van der Waals surface area (Å²) in [4.78, 5) is 0. The third kappa shape index (κ3) is 2.91. The normalized spacial score (nSPS) is 20.6. The Morgan fingerprint density at radius 1 is 1.35 bits per heavy atom. The highest BCUT2D eigenvalue weighted by atomic mass is 19.4. The first kappa shape index (κ1) is 12.2. The summed E-state index contributed by atoms with van der Waals surface area (Å²) in [5.74, 6) is 0. The van der Waals surface area contributed by atoms with Crippen molar-refractivity contribution in [1.82, 2.24) is 0 Å². The predicted molar refractivity (Wildman–Crippen MR) is 59.0 cm³/mol. The molecule has 0 spiro atoms. The Hall–Kier alpha value is -1.23. The number of aryl methyl sites for hydroxylation is 1. The number of anilines is 1. The largest absolute Gasteiger partial charge is 0.416 e. The fourth-order valence-corrected chi connectivity index (χ4v) is 1.90. The number of benzene rings is 1. The maximum atomic E-state index is 12.7. The van der Waals surface area contributed by atoms with Crippen molar-refractivity contribution >= 4 is 5.69 Å². The summed E-state index contributed by atoms with van der Waals surface area (Å²) in [5.41, 5.74) is 0.158. The molecule has 1 saturated heterocycles. The van der Waals surface area contributed by atoms with Crippen LogP contribution in [0.3, 0.4) is 0 Å². The highest BCUT2D eigenvalue weighted by Crippen LogP contribution is 2.33. The van der Waals surface area contributed by atoms with Gasteiger partial charge in [0, 0.05) is 12.3 Å². The molecule has 1 aromatic carbocycles. The molecule has 94 valence electrons. The molecule has 1 fully saturated rings. The van der Waals surface area contributed by atoms with Crippen LogP contribution in [0.1, 0.15) is 17.5 Å². The van der Waals surface area contributed by atoms with Crippen molar-refractivity contribution in [2.45, 2.75) is 25.6 Å². The minimum absolute atomic E-state index is 0.110. The Bertz CT molecular complexity index is 397. The summed E-state index contributed by atoms with van der Waals surface area (Å²) in [7, 11) is 0. The summed E-state index contributed by atoms with van der Waals surface area (Å²) in [6.45, 7) is 2.68. The Morgan fingerprint density at radius 3 is 2.71 bits per heavy atom. The Kier molecular flexibility index (Phi) is 3.28. The summed E-state index contributed by atoms with van der Waals surface area (Å²) < 4.78 is 43.2. The molecule has 0 amide bonds. The number of halogens is 3. The molecule has 1 unspecified atom stereocenters. The van der Waals surface area contributed by atoms with Gasteiger partial charge in [-0.25, -0.2) is 0 Å². The first-order valence-electron chi connectivity index (χ1n) is 5.49. The lowest BCUT2D eigenvalue weighted by Crippen LogP contribution is -2.19. The van der Waals surface area contributed by atoms with Gasteiger partial charge in [-0.3, -0.25) is 0 Å². The number of hydrogen-bond acceptors (Lipinski definition) is 2. The molecule has 0 saturated carbocycles. The van der Waals surface area contributed by atoms with E-state index in [2.05, 4.69) is 5.32 Å². The van der Waals surface area contributed by atoms with Gasteiger partial charge in [0.15, 0.2) is 0 Å². The van der Waals surface area contributed by atoms with Crippen LogP contribution in [0.4, 0.5) is 18.9 Å². The highest BCUT2D eigenvalue weighted by Gasteiger charge is 2.32. The van der Waals surface area contributed by atoms with E-state index >= 15 is 0 Å². The molecule has 1 heterocycles. The molecular formula is C12H14F3NO. The van der Waals surface area contributed by atoms with E-state index in [9.17, 15) is 13.2 Å². The van der Waals surface area contributed by atoms with E-state index in [1.165, 1.54) is 13.0 Å². The highest BCUT2D eigenvalue weighted by molar-refractivity contribution is 5.50. The van der Waals surface area contributed by atoms with Gasteiger partial charge in [0.1, 0.15) is 0 Å². The van der Waals surface area contributed by atoms with E-state index < -0.39 is 11.7 Å². The fourth-order valence-electron chi connectivity index (χ4n) is 1.90. The molecule has 2 nitrogen and oxygen atoms in total. The maximum Gasteiger partial charge on any atom is 0.416 e. The second-order valence-electron chi connectivity index (χ2n) is 4.23. The molecule has 0 radical (unpaired) electrons. The van der Waals surface area contributed by atoms with Crippen LogP contribution in [0.5, 0.6) is 0 Å². The van der Waals surface area contributed by atoms with Crippen LogP contribution >= 0.6 is 0 Å². The van der Waals surface area contributed by atoms with Crippen molar-refractivity contribution in [2.75, 3.05) is 18.5 Å². The van der Waals surface area contributed by atoms with Crippen molar-refractivity contribution in [3.63, 3.8) is 0 Å². The van der Waals surface area contributed by atoms with Crippen LogP contribution in [0.15, 0.2) is 18.2 Å². The molecule has 1 aliphatic rings. The van der Waals surface area contributed by atoms with Gasteiger partial charge in [0.25, 0.3) is 0 Å². The second kappa shape index (κ2) is 4.56. The van der Waals surface area contributed by atoms with Gasteiger partial charge >= 0.3 is 6.18 Å². The van der Waals surface area contributed by atoms with Crippen molar-refractivity contribution in [1.29, 1.82) is 0 Å². The summed E-state index contributed by atoms with van der Waals surface area (Å²) in [5, 5.41) is 3.06. The SMILES string of the molecule is Cc1ccc(NC2CCOC2)cc1C(F)(F)F. The van der Waals surface area contributed by atoms with Crippen LogP contribution in [0, 0.1) is 6.92 Å². The van der Waals surface area contributed by atoms with Gasteiger partial charge < -0.3 is 10.1 Å². The average Bonchev–Trinajstić information content (AvgIpc) is 2.72. The van der Waals surface area contributed by atoms with Crippen molar-refractivity contribution < 1.29 is 17.9 Å². The van der Waals surface area contributed by atoms with Crippen molar-refractivity contribution in [3.8, 4) is 0 Å². The maximum absolute atomic E-state index is 12.7. The first-order valence-corrected chi connectivity index (χ1v) is 5.49. The summed E-state index contributed by atoms with van der Waals surface area (Å²) >= 11 is 0. The van der Waals surface area contributed by atoms with E-state index in [1.807, 2.05) is 0 Å². The van der Waals surface area contributed by atoms with E-state index in [0.29, 0.717) is 18.9 Å². The fraction of sp³-hybridized carbons (Fsp3) is 0.500. The van der Waals surface area contributed by atoms with Gasteiger partial charge in [-0.15, -0.1) is 0 Å². The molecule has 5 heteroatoms. The number of rotatable bonds is 2. The van der Waals surface area contributed by atoms with Gasteiger partial charge in [-0.2, -0.15) is 13.2 Å². The van der Waals surface area contributed by atoms with Gasteiger partial charge in [-0.1, -0.05) is 6.07 Å². The smallest absolute Gasteiger partial charge is 0.380 e. The number of ether oxygens (including phenoxy) is 1. The van der Waals surface area contributed by atoms with Crippen molar-refractivity contribution in [2.24, 2.45) is 0 Å². The van der Waals surface area contributed by atoms with E-state index in [1.54, 1.807) is 6.07 Å². The molecule has 1 aromatic rings. The first-order chi connectivity index (χ1) is 7.97. The lowest BCUT2D eigenvalue weighted by Gasteiger charge is -2.16. The lowest BCUT2D eigenvalue weighted by molar-refractivity contribution is -0.138. The van der Waals surface area contributed by atoms with Crippen LogP contribution < -0.4 is 5.32 Å². The molecule has 2 rings (SSSR count). The third-order valence-corrected chi connectivity index (χ3v) is 2.84. The Morgan fingerprint density at radius 2 is 2.12 bits per heavy atom. The predicted octanol–water partition coefficient (Wildman–Crippen LogP) is 3.21. The van der Waals surface area contributed by atoms with Crippen LogP contribution in [-0.2, 0) is 10.9 Å². The van der Waals surface area contributed by atoms with Gasteiger partial charge in [0.2, 0.25) is 0 Å². The van der Waals surface area contributed by atoms with Crippen LogP contribution in [0.2, 0.25) is 0 Å². The van der Waals surface area contributed by atoms with E-state index in [4.69, 9.17) is 4.74 Å². The quantitative estimate of drug-likeness (QED) is 0.863. The minimum atomic E-state index is -4.30. The zero-order chi connectivity index (χ0) is 12.5. The van der Waals surface area contributed by atoms with Crippen LogP contribution in [-0.4, -0.2) is 19.3 Å². The monoisotopic (exact) mass is 245 g/mol. The van der Waals surface area contributed by atoms with Gasteiger partial charge in [0.05, 0.1) is 18.2 Å². The number of alkyl halides is 3. The van der Waals surface area contributed by atoms with E-state index in [0.717, 1.165) is 12.5 Å². The molecule has 1 N–H and O–H groups in total. The molecule has 1 atom stereocenters. The zero-order valence-electron chi connectivity index (χ0n) is 9.47. The molecule has 17 heavy (non-hydrogen) atoms. The second-order valence-corrected chi connectivity index (χ2v) is 4.23.